The fourth-order valence-electron chi connectivity index (χ4n) is 2.53. The van der Waals surface area contributed by atoms with Gasteiger partial charge in [0, 0.05) is 25.7 Å². The van der Waals surface area contributed by atoms with Crippen molar-refractivity contribution in [3.8, 4) is 0 Å². The minimum Gasteiger partial charge on any atom is -0.480 e. The summed E-state index contributed by atoms with van der Waals surface area (Å²) in [7, 11) is 0. The van der Waals surface area contributed by atoms with Crippen molar-refractivity contribution in [2.75, 3.05) is 6.54 Å². The number of rotatable bonds is 5. The molecule has 4 nitrogen and oxygen atoms in total. The number of carboxylic acid groups (broad SMARTS) is 1. The lowest BCUT2D eigenvalue weighted by Crippen LogP contribution is -2.45. The maximum absolute atomic E-state index is 11.2. The molecule has 1 heterocycles. The van der Waals surface area contributed by atoms with Crippen molar-refractivity contribution < 1.29 is 9.90 Å². The van der Waals surface area contributed by atoms with E-state index in [1.54, 1.807) is 0 Å². The highest BCUT2D eigenvalue weighted by molar-refractivity contribution is 5.73. The number of carbonyl (C=O) groups is 1. The van der Waals surface area contributed by atoms with E-state index in [0.29, 0.717) is 12.6 Å². The molecule has 1 aliphatic heterocycles. The SMILES string of the molecule is O=C(O)C(CN1Cc2ccccc2C1)NC1CC1. The summed E-state index contributed by atoms with van der Waals surface area (Å²) in [5.41, 5.74) is 2.65. The van der Waals surface area contributed by atoms with Crippen LogP contribution in [0.15, 0.2) is 24.3 Å². The van der Waals surface area contributed by atoms with Crippen LogP contribution in [0.3, 0.4) is 0 Å². The Morgan fingerprint density at radius 3 is 2.44 bits per heavy atom. The number of fused-ring (bicyclic) bond motifs is 1. The molecule has 4 heteroatoms. The van der Waals surface area contributed by atoms with Crippen LogP contribution in [0.25, 0.3) is 0 Å². The molecule has 1 saturated carbocycles. The fourth-order valence-corrected chi connectivity index (χ4v) is 2.53. The van der Waals surface area contributed by atoms with Crippen LogP contribution in [0.5, 0.6) is 0 Å². The zero-order chi connectivity index (χ0) is 12.5. The average Bonchev–Trinajstić information content (AvgIpc) is 3.06. The standard InChI is InChI=1S/C14H18N2O2/c17-14(18)13(15-12-5-6-12)9-16-7-10-3-1-2-4-11(10)8-16/h1-4,12-13,15H,5-9H2,(H,17,18). The highest BCUT2D eigenvalue weighted by atomic mass is 16.4. The van der Waals surface area contributed by atoms with Gasteiger partial charge in [-0.15, -0.1) is 0 Å². The summed E-state index contributed by atoms with van der Waals surface area (Å²) in [6.45, 7) is 2.32. The van der Waals surface area contributed by atoms with E-state index in [0.717, 1.165) is 25.9 Å². The predicted octanol–water partition coefficient (Wildman–Crippen LogP) is 1.21. The predicted molar refractivity (Wildman–Crippen MR) is 68.1 cm³/mol. The Balaban J connectivity index is 1.61. The molecule has 0 saturated heterocycles. The third kappa shape index (κ3) is 2.54. The van der Waals surface area contributed by atoms with E-state index in [2.05, 4.69) is 22.3 Å². The molecule has 0 amide bonds. The van der Waals surface area contributed by atoms with Crippen LogP contribution in [0, 0.1) is 0 Å². The molecule has 2 N–H and O–H groups in total. The Kier molecular flexibility index (Phi) is 3.06. The summed E-state index contributed by atoms with van der Waals surface area (Å²) in [6, 6.07) is 8.32. The summed E-state index contributed by atoms with van der Waals surface area (Å²) in [4.78, 5) is 13.4. The van der Waals surface area contributed by atoms with E-state index in [9.17, 15) is 9.90 Å². The first-order chi connectivity index (χ1) is 8.72. The van der Waals surface area contributed by atoms with Gasteiger partial charge in [-0.1, -0.05) is 24.3 Å². The normalized spacial score (nSPS) is 20.7. The molecule has 0 bridgehead atoms. The van der Waals surface area contributed by atoms with Crippen molar-refractivity contribution in [3.63, 3.8) is 0 Å². The lowest BCUT2D eigenvalue weighted by Gasteiger charge is -2.21. The fraction of sp³-hybridized carbons (Fsp3) is 0.500. The Hall–Kier alpha value is -1.39. The number of hydrogen-bond acceptors (Lipinski definition) is 3. The topological polar surface area (TPSA) is 52.6 Å². The van der Waals surface area contributed by atoms with E-state index in [4.69, 9.17) is 0 Å². The Labute approximate surface area is 107 Å². The van der Waals surface area contributed by atoms with Crippen molar-refractivity contribution in [2.24, 2.45) is 0 Å². The minimum absolute atomic E-state index is 0.427. The lowest BCUT2D eigenvalue weighted by molar-refractivity contribution is -0.140. The monoisotopic (exact) mass is 246 g/mol. The Morgan fingerprint density at radius 2 is 1.94 bits per heavy atom. The molecule has 3 rings (SSSR count). The van der Waals surface area contributed by atoms with E-state index < -0.39 is 12.0 Å². The van der Waals surface area contributed by atoms with Crippen LogP contribution in [0.1, 0.15) is 24.0 Å². The van der Waals surface area contributed by atoms with Crippen molar-refractivity contribution in [1.82, 2.24) is 10.2 Å². The molecular weight excluding hydrogens is 228 g/mol. The van der Waals surface area contributed by atoms with Gasteiger partial charge in [0.1, 0.15) is 6.04 Å². The number of nitrogens with one attached hydrogen (secondary N) is 1. The molecule has 1 aromatic rings. The molecular formula is C14H18N2O2. The molecule has 1 unspecified atom stereocenters. The second kappa shape index (κ2) is 4.71. The number of nitrogens with zero attached hydrogens (tertiary/aromatic N) is 1. The molecule has 0 aromatic heterocycles. The first-order valence-corrected chi connectivity index (χ1v) is 6.50. The molecule has 1 aliphatic carbocycles. The number of carboxylic acids is 1. The number of aliphatic carboxylic acids is 1. The van der Waals surface area contributed by atoms with Gasteiger partial charge in [-0.2, -0.15) is 0 Å². The van der Waals surface area contributed by atoms with Crippen molar-refractivity contribution >= 4 is 5.97 Å². The third-order valence-electron chi connectivity index (χ3n) is 3.66. The summed E-state index contributed by atoms with van der Waals surface area (Å²) >= 11 is 0. The summed E-state index contributed by atoms with van der Waals surface area (Å²) < 4.78 is 0. The first-order valence-electron chi connectivity index (χ1n) is 6.50. The van der Waals surface area contributed by atoms with Crippen LogP contribution >= 0.6 is 0 Å². The van der Waals surface area contributed by atoms with Gasteiger partial charge < -0.3 is 10.4 Å². The van der Waals surface area contributed by atoms with Crippen LogP contribution in [-0.4, -0.2) is 34.6 Å². The van der Waals surface area contributed by atoms with Gasteiger partial charge in [-0.3, -0.25) is 9.69 Å². The van der Waals surface area contributed by atoms with Crippen molar-refractivity contribution in [3.05, 3.63) is 35.4 Å². The highest BCUT2D eigenvalue weighted by Crippen LogP contribution is 2.23. The van der Waals surface area contributed by atoms with Gasteiger partial charge in [-0.25, -0.2) is 0 Å². The Bertz CT molecular complexity index is 432. The molecule has 1 aromatic carbocycles. The lowest BCUT2D eigenvalue weighted by atomic mass is 10.1. The van der Waals surface area contributed by atoms with Gasteiger partial charge in [-0.05, 0) is 24.0 Å². The summed E-state index contributed by atoms with van der Waals surface area (Å²) in [5, 5.41) is 12.4. The molecule has 1 atom stereocenters. The summed E-state index contributed by atoms with van der Waals surface area (Å²) in [6.07, 6.45) is 2.23. The number of benzene rings is 1. The van der Waals surface area contributed by atoms with Crippen LogP contribution in [-0.2, 0) is 17.9 Å². The second-order valence-electron chi connectivity index (χ2n) is 5.27. The van der Waals surface area contributed by atoms with E-state index in [1.807, 2.05) is 12.1 Å². The minimum atomic E-state index is -0.738. The van der Waals surface area contributed by atoms with Gasteiger partial charge in [0.15, 0.2) is 0 Å². The smallest absolute Gasteiger partial charge is 0.322 e. The highest BCUT2D eigenvalue weighted by Gasteiger charge is 2.30. The van der Waals surface area contributed by atoms with E-state index in [-0.39, 0.29) is 0 Å². The Morgan fingerprint density at radius 1 is 1.33 bits per heavy atom. The van der Waals surface area contributed by atoms with Gasteiger partial charge in [0.25, 0.3) is 0 Å². The zero-order valence-electron chi connectivity index (χ0n) is 10.3. The molecule has 0 spiro atoms. The van der Waals surface area contributed by atoms with E-state index >= 15 is 0 Å². The maximum Gasteiger partial charge on any atom is 0.322 e. The largest absolute Gasteiger partial charge is 0.480 e. The molecule has 18 heavy (non-hydrogen) atoms. The average molecular weight is 246 g/mol. The van der Waals surface area contributed by atoms with Crippen LogP contribution < -0.4 is 5.32 Å². The second-order valence-corrected chi connectivity index (χ2v) is 5.27. The van der Waals surface area contributed by atoms with Crippen molar-refractivity contribution in [1.29, 1.82) is 0 Å². The van der Waals surface area contributed by atoms with Crippen molar-refractivity contribution in [2.45, 2.75) is 38.0 Å². The quantitative estimate of drug-likeness (QED) is 0.820. The maximum atomic E-state index is 11.2. The van der Waals surface area contributed by atoms with Gasteiger partial charge in [0.05, 0.1) is 0 Å². The third-order valence-corrected chi connectivity index (χ3v) is 3.66. The molecule has 2 aliphatic rings. The van der Waals surface area contributed by atoms with E-state index in [1.165, 1.54) is 11.1 Å². The van der Waals surface area contributed by atoms with Crippen LogP contribution in [0.2, 0.25) is 0 Å². The van der Waals surface area contributed by atoms with Gasteiger partial charge >= 0.3 is 5.97 Å². The number of hydrogen-bond donors (Lipinski definition) is 2. The van der Waals surface area contributed by atoms with Crippen LogP contribution in [0.4, 0.5) is 0 Å². The van der Waals surface area contributed by atoms with Gasteiger partial charge in [0.2, 0.25) is 0 Å². The molecule has 96 valence electrons. The molecule has 0 radical (unpaired) electrons. The summed E-state index contributed by atoms with van der Waals surface area (Å²) in [5.74, 6) is -0.738. The first kappa shape index (κ1) is 11.7. The molecule has 1 fully saturated rings. The zero-order valence-corrected chi connectivity index (χ0v) is 10.3.